The maximum absolute atomic E-state index is 14.2. The van der Waals surface area contributed by atoms with Crippen LogP contribution >= 0.6 is 0 Å². The maximum atomic E-state index is 14.2. The molecular formula is C20H18F7NO2. The van der Waals surface area contributed by atoms with Crippen LogP contribution in [0, 0.1) is 5.82 Å². The first-order chi connectivity index (χ1) is 14.0. The van der Waals surface area contributed by atoms with Gasteiger partial charge in [0, 0.05) is 12.1 Å². The van der Waals surface area contributed by atoms with E-state index in [1.807, 2.05) is 0 Å². The van der Waals surface area contributed by atoms with E-state index in [2.05, 4.69) is 5.32 Å². The summed E-state index contributed by atoms with van der Waals surface area (Å²) in [5.41, 5.74) is -2.97. The van der Waals surface area contributed by atoms with Crippen LogP contribution in [0.2, 0.25) is 0 Å². The second-order valence-corrected chi connectivity index (χ2v) is 6.81. The van der Waals surface area contributed by atoms with E-state index in [1.54, 1.807) is 6.07 Å². The Morgan fingerprint density at radius 3 is 2.17 bits per heavy atom. The molecule has 2 aromatic rings. The Hall–Kier alpha value is -2.17. The van der Waals surface area contributed by atoms with Crippen molar-refractivity contribution in [3.63, 3.8) is 0 Å². The first-order valence-corrected chi connectivity index (χ1v) is 9.01. The SMILES string of the molecule is C[C@@H](O[C@H]1OCCN[C@H]1c1ccccc1F)c1cc(C(F)(F)F)cc(C(F)(F)F)c1. The number of rotatable bonds is 4. The largest absolute Gasteiger partial charge is 0.416 e. The summed E-state index contributed by atoms with van der Waals surface area (Å²) in [6.45, 7) is 1.86. The highest BCUT2D eigenvalue weighted by molar-refractivity contribution is 5.34. The van der Waals surface area contributed by atoms with Crippen molar-refractivity contribution in [2.24, 2.45) is 0 Å². The fourth-order valence-corrected chi connectivity index (χ4v) is 3.18. The van der Waals surface area contributed by atoms with Crippen LogP contribution in [0.25, 0.3) is 0 Å². The standard InChI is InChI=1S/C20H18F7NO2/c1-11(12-8-13(19(22,23)24)10-14(9-12)20(25,26)27)30-18-17(28-6-7-29-18)15-4-2-3-5-16(15)21/h2-5,8-11,17-18,28H,6-7H2,1H3/t11-,17+,18-/m1/s1. The molecule has 0 aliphatic carbocycles. The number of nitrogens with one attached hydrogen (secondary N) is 1. The molecule has 10 heteroatoms. The molecule has 3 nitrogen and oxygen atoms in total. The van der Waals surface area contributed by atoms with E-state index >= 15 is 0 Å². The average Bonchev–Trinajstić information content (AvgIpc) is 2.67. The van der Waals surface area contributed by atoms with Gasteiger partial charge in [-0.05, 0) is 36.8 Å². The second kappa shape index (κ2) is 8.52. The van der Waals surface area contributed by atoms with Gasteiger partial charge in [-0.2, -0.15) is 26.3 Å². The van der Waals surface area contributed by atoms with Gasteiger partial charge in [0.2, 0.25) is 0 Å². The van der Waals surface area contributed by atoms with Gasteiger partial charge in [-0.25, -0.2) is 4.39 Å². The van der Waals surface area contributed by atoms with Crippen molar-refractivity contribution in [2.45, 2.75) is 37.7 Å². The number of hydrogen-bond donors (Lipinski definition) is 1. The summed E-state index contributed by atoms with van der Waals surface area (Å²) in [5.74, 6) is -0.542. The summed E-state index contributed by atoms with van der Waals surface area (Å²) in [6.07, 6.45) is -12.2. The summed E-state index contributed by atoms with van der Waals surface area (Å²) in [6, 6.07) is 6.29. The van der Waals surface area contributed by atoms with Gasteiger partial charge in [-0.3, -0.25) is 0 Å². The molecule has 1 N–H and O–H groups in total. The Labute approximate surface area is 167 Å². The van der Waals surface area contributed by atoms with E-state index < -0.39 is 47.7 Å². The summed E-state index contributed by atoms with van der Waals surface area (Å²) in [4.78, 5) is 0. The van der Waals surface area contributed by atoms with Crippen LogP contribution in [0.3, 0.4) is 0 Å². The van der Waals surface area contributed by atoms with Crippen LogP contribution in [-0.4, -0.2) is 19.4 Å². The second-order valence-electron chi connectivity index (χ2n) is 6.81. The molecule has 3 rings (SSSR count). The lowest BCUT2D eigenvalue weighted by Gasteiger charge is -2.35. The molecular weight excluding hydrogens is 419 g/mol. The van der Waals surface area contributed by atoms with Gasteiger partial charge in [-0.15, -0.1) is 0 Å². The molecule has 0 spiro atoms. The minimum Gasteiger partial charge on any atom is -0.349 e. The highest BCUT2D eigenvalue weighted by Crippen LogP contribution is 2.38. The molecule has 1 saturated heterocycles. The van der Waals surface area contributed by atoms with Crippen molar-refractivity contribution in [1.29, 1.82) is 0 Å². The monoisotopic (exact) mass is 437 g/mol. The zero-order valence-corrected chi connectivity index (χ0v) is 15.6. The van der Waals surface area contributed by atoms with E-state index in [-0.39, 0.29) is 23.8 Å². The van der Waals surface area contributed by atoms with E-state index in [0.29, 0.717) is 18.7 Å². The first kappa shape index (κ1) is 22.5. The molecule has 30 heavy (non-hydrogen) atoms. The highest BCUT2D eigenvalue weighted by Gasteiger charge is 2.38. The summed E-state index contributed by atoms with van der Waals surface area (Å²) < 4.78 is 104. The van der Waals surface area contributed by atoms with Crippen LogP contribution in [0.15, 0.2) is 42.5 Å². The van der Waals surface area contributed by atoms with Crippen molar-refractivity contribution < 1.29 is 40.2 Å². The highest BCUT2D eigenvalue weighted by atomic mass is 19.4. The Balaban J connectivity index is 1.90. The minimum atomic E-state index is -4.96. The van der Waals surface area contributed by atoms with Gasteiger partial charge in [0.25, 0.3) is 0 Å². The summed E-state index contributed by atoms with van der Waals surface area (Å²) in [7, 11) is 0. The molecule has 2 aromatic carbocycles. The number of morpholine rings is 1. The fraction of sp³-hybridized carbons (Fsp3) is 0.400. The minimum absolute atomic E-state index is 0.0526. The molecule has 0 bridgehead atoms. The van der Waals surface area contributed by atoms with Crippen molar-refractivity contribution in [3.05, 3.63) is 70.5 Å². The van der Waals surface area contributed by atoms with E-state index in [1.165, 1.54) is 25.1 Å². The number of halogens is 7. The first-order valence-electron chi connectivity index (χ1n) is 9.01. The predicted octanol–water partition coefficient (Wildman–Crippen LogP) is 5.63. The van der Waals surface area contributed by atoms with Crippen molar-refractivity contribution in [2.75, 3.05) is 13.2 Å². The molecule has 1 aliphatic heterocycles. The van der Waals surface area contributed by atoms with Crippen molar-refractivity contribution in [3.8, 4) is 0 Å². The van der Waals surface area contributed by atoms with Gasteiger partial charge < -0.3 is 14.8 Å². The van der Waals surface area contributed by atoms with Gasteiger partial charge in [0.15, 0.2) is 6.29 Å². The predicted molar refractivity (Wildman–Crippen MR) is 92.8 cm³/mol. The Morgan fingerprint density at radius 1 is 1.00 bits per heavy atom. The van der Waals surface area contributed by atoms with E-state index in [9.17, 15) is 30.7 Å². The Morgan fingerprint density at radius 2 is 1.60 bits per heavy atom. The molecule has 0 saturated carbocycles. The van der Waals surface area contributed by atoms with Crippen LogP contribution in [0.4, 0.5) is 30.7 Å². The van der Waals surface area contributed by atoms with E-state index in [0.717, 1.165) is 0 Å². The Kier molecular flexibility index (Phi) is 6.40. The zero-order chi connectivity index (χ0) is 22.1. The number of ether oxygens (including phenoxy) is 2. The third-order valence-electron chi connectivity index (χ3n) is 4.68. The van der Waals surface area contributed by atoms with Crippen LogP contribution in [-0.2, 0) is 21.8 Å². The lowest BCUT2D eigenvalue weighted by atomic mass is 10.0. The molecule has 0 unspecified atom stereocenters. The van der Waals surface area contributed by atoms with Crippen LogP contribution < -0.4 is 5.32 Å². The average molecular weight is 437 g/mol. The third-order valence-corrected chi connectivity index (χ3v) is 4.68. The molecule has 0 radical (unpaired) electrons. The number of hydrogen-bond acceptors (Lipinski definition) is 3. The molecule has 3 atom stereocenters. The molecule has 1 fully saturated rings. The van der Waals surface area contributed by atoms with Gasteiger partial charge >= 0.3 is 12.4 Å². The lowest BCUT2D eigenvalue weighted by molar-refractivity contribution is -0.200. The number of alkyl halides is 6. The van der Waals surface area contributed by atoms with Gasteiger partial charge in [0.05, 0.1) is 29.9 Å². The quantitative estimate of drug-likeness (QED) is 0.630. The lowest BCUT2D eigenvalue weighted by Crippen LogP contribution is -2.44. The van der Waals surface area contributed by atoms with E-state index in [4.69, 9.17) is 9.47 Å². The third kappa shape index (κ3) is 5.11. The summed E-state index contributed by atoms with van der Waals surface area (Å²) in [5, 5.41) is 3.00. The molecule has 0 aromatic heterocycles. The van der Waals surface area contributed by atoms with Gasteiger partial charge in [-0.1, -0.05) is 18.2 Å². The topological polar surface area (TPSA) is 30.5 Å². The summed E-state index contributed by atoms with van der Waals surface area (Å²) >= 11 is 0. The van der Waals surface area contributed by atoms with Gasteiger partial charge in [0.1, 0.15) is 5.82 Å². The van der Waals surface area contributed by atoms with Crippen LogP contribution in [0.5, 0.6) is 0 Å². The van der Waals surface area contributed by atoms with Crippen molar-refractivity contribution >= 4 is 0 Å². The smallest absolute Gasteiger partial charge is 0.349 e. The fourth-order valence-electron chi connectivity index (χ4n) is 3.18. The zero-order valence-electron chi connectivity index (χ0n) is 15.6. The molecule has 0 amide bonds. The molecule has 164 valence electrons. The van der Waals surface area contributed by atoms with Crippen LogP contribution in [0.1, 0.15) is 41.3 Å². The van der Waals surface area contributed by atoms with Crippen molar-refractivity contribution in [1.82, 2.24) is 5.32 Å². The number of benzene rings is 2. The Bertz CT molecular complexity index is 850. The normalized spacial score (nSPS) is 21.5. The molecule has 1 heterocycles. The molecule has 1 aliphatic rings. The maximum Gasteiger partial charge on any atom is 0.416 e.